The lowest BCUT2D eigenvalue weighted by atomic mass is 10.0. The highest BCUT2D eigenvalue weighted by molar-refractivity contribution is 5.71. The summed E-state index contributed by atoms with van der Waals surface area (Å²) in [6.45, 7) is 4.66. The minimum absolute atomic E-state index is 0.181. The number of rotatable bonds is 49. The zero-order valence-corrected chi connectivity index (χ0v) is 44.7. The summed E-state index contributed by atoms with van der Waals surface area (Å²) in [5, 5.41) is 9.67. The number of hydrogen-bond acceptors (Lipinski definition) is 7. The second kappa shape index (κ2) is 50.6. The standard InChI is InChI=1S/C60H101NO8/c1-6-8-10-12-14-16-18-20-21-22-23-24-25-26-27-28-29-30-31-32-33-34-35-36-37-39-41-43-45-47-49-51-58(63)69-56(55-68-60(59(64)65)66-53-52-61(3,4)5)54-67-57(62)50-48-46-44-42-40-38-19-17-15-13-11-9-7-2/h8,10-11,13-14,16-17,19-21,23-24,26-27,29-30,56,60H,6-7,9,12,15,18,22,25,28,31-55H2,1-5H3/p+1/b10-8-,13-11-,16-14-,19-17-,21-20-,24-23-,27-26-,30-29-. The fraction of sp³-hybridized carbons (Fsp3) is 0.683. The molecule has 0 radical (unpaired) electrons. The molecule has 2 unspecified atom stereocenters. The Labute approximate surface area is 422 Å². The molecule has 69 heavy (non-hydrogen) atoms. The Morgan fingerprint density at radius 2 is 0.826 bits per heavy atom. The molecular formula is C60H102NO8+. The fourth-order valence-electron chi connectivity index (χ4n) is 7.11. The maximum Gasteiger partial charge on any atom is 0.361 e. The number of aliphatic carboxylic acids is 1. The lowest BCUT2D eigenvalue weighted by Crippen LogP contribution is -2.40. The molecule has 0 heterocycles. The van der Waals surface area contributed by atoms with Crippen molar-refractivity contribution in [1.29, 1.82) is 0 Å². The molecule has 2 atom stereocenters. The largest absolute Gasteiger partial charge is 0.477 e. The summed E-state index contributed by atoms with van der Waals surface area (Å²) in [5.41, 5.74) is 0. The van der Waals surface area contributed by atoms with Crippen molar-refractivity contribution in [3.05, 3.63) is 97.2 Å². The summed E-state index contributed by atoms with van der Waals surface area (Å²) in [6, 6.07) is 0. The van der Waals surface area contributed by atoms with Gasteiger partial charge in [0.25, 0.3) is 6.29 Å². The maximum atomic E-state index is 12.8. The van der Waals surface area contributed by atoms with Gasteiger partial charge in [-0.2, -0.15) is 0 Å². The molecule has 0 aliphatic rings. The van der Waals surface area contributed by atoms with E-state index in [4.69, 9.17) is 18.9 Å². The zero-order valence-electron chi connectivity index (χ0n) is 44.7. The number of ether oxygens (including phenoxy) is 4. The Kier molecular flexibility index (Phi) is 47.8. The first-order valence-electron chi connectivity index (χ1n) is 27.4. The van der Waals surface area contributed by atoms with Gasteiger partial charge >= 0.3 is 17.9 Å². The summed E-state index contributed by atoms with van der Waals surface area (Å²) in [7, 11) is 5.95. The van der Waals surface area contributed by atoms with Crippen molar-refractivity contribution in [2.45, 2.75) is 219 Å². The lowest BCUT2D eigenvalue weighted by Gasteiger charge is -2.25. The summed E-state index contributed by atoms with van der Waals surface area (Å²) in [6.07, 6.45) is 64.8. The number of quaternary nitrogens is 1. The van der Waals surface area contributed by atoms with Crippen LogP contribution in [0.5, 0.6) is 0 Å². The SMILES string of the molecule is CC/C=C\C/C=C\C/C=C\C/C=C\C/C=C\C/C=C\CCCCCCCCCCCCCCC(=O)OC(COC(=O)CCCCCCC/C=C\C/C=C\CCC)COC(OCC[N+](C)(C)C)C(=O)O. The summed E-state index contributed by atoms with van der Waals surface area (Å²) in [4.78, 5) is 37.3. The lowest BCUT2D eigenvalue weighted by molar-refractivity contribution is -0.870. The van der Waals surface area contributed by atoms with Crippen LogP contribution in [0.25, 0.3) is 0 Å². The van der Waals surface area contributed by atoms with Gasteiger partial charge in [-0.25, -0.2) is 4.79 Å². The molecule has 9 nitrogen and oxygen atoms in total. The Bertz CT molecular complexity index is 1450. The van der Waals surface area contributed by atoms with Crippen LogP contribution in [-0.4, -0.2) is 87.4 Å². The van der Waals surface area contributed by atoms with E-state index in [0.29, 0.717) is 17.4 Å². The Morgan fingerprint density at radius 3 is 1.23 bits per heavy atom. The van der Waals surface area contributed by atoms with Crippen LogP contribution in [0.1, 0.15) is 206 Å². The quantitative estimate of drug-likeness (QED) is 0.0211. The van der Waals surface area contributed by atoms with Crippen LogP contribution in [-0.2, 0) is 33.3 Å². The topological polar surface area (TPSA) is 108 Å². The van der Waals surface area contributed by atoms with Gasteiger partial charge in [0.2, 0.25) is 0 Å². The van der Waals surface area contributed by atoms with Crippen LogP contribution in [0.15, 0.2) is 97.2 Å². The predicted octanol–water partition coefficient (Wildman–Crippen LogP) is 15.8. The average Bonchev–Trinajstić information content (AvgIpc) is 3.31. The van der Waals surface area contributed by atoms with E-state index in [0.717, 1.165) is 109 Å². The number of carboxylic acids is 1. The Morgan fingerprint density at radius 1 is 0.449 bits per heavy atom. The second-order valence-corrected chi connectivity index (χ2v) is 19.2. The third kappa shape index (κ3) is 51.9. The summed E-state index contributed by atoms with van der Waals surface area (Å²) >= 11 is 0. The van der Waals surface area contributed by atoms with E-state index in [9.17, 15) is 19.5 Å². The fourth-order valence-corrected chi connectivity index (χ4v) is 7.11. The van der Waals surface area contributed by atoms with Gasteiger partial charge in [0.15, 0.2) is 6.10 Å². The van der Waals surface area contributed by atoms with Crippen molar-refractivity contribution in [3.8, 4) is 0 Å². The van der Waals surface area contributed by atoms with Crippen LogP contribution in [0.3, 0.4) is 0 Å². The van der Waals surface area contributed by atoms with Gasteiger partial charge < -0.3 is 28.5 Å². The minimum Gasteiger partial charge on any atom is -0.477 e. The van der Waals surface area contributed by atoms with Crippen molar-refractivity contribution < 1.29 is 42.9 Å². The molecule has 0 aromatic carbocycles. The number of esters is 2. The monoisotopic (exact) mass is 965 g/mol. The molecule has 0 saturated heterocycles. The number of unbranched alkanes of at least 4 members (excludes halogenated alkanes) is 18. The van der Waals surface area contributed by atoms with Gasteiger partial charge in [0.1, 0.15) is 13.2 Å². The van der Waals surface area contributed by atoms with Crippen molar-refractivity contribution in [3.63, 3.8) is 0 Å². The highest BCUT2D eigenvalue weighted by Crippen LogP contribution is 2.15. The zero-order chi connectivity index (χ0) is 50.6. The highest BCUT2D eigenvalue weighted by Gasteiger charge is 2.25. The summed E-state index contributed by atoms with van der Waals surface area (Å²) < 4.78 is 22.8. The Balaban J connectivity index is 4.21. The summed E-state index contributed by atoms with van der Waals surface area (Å²) in [5.74, 6) is -2.04. The normalized spacial score (nSPS) is 13.6. The van der Waals surface area contributed by atoms with Crippen LogP contribution in [0.2, 0.25) is 0 Å². The van der Waals surface area contributed by atoms with Gasteiger partial charge in [0.05, 0.1) is 34.4 Å². The molecule has 0 aliphatic heterocycles. The van der Waals surface area contributed by atoms with Crippen LogP contribution in [0.4, 0.5) is 0 Å². The van der Waals surface area contributed by atoms with E-state index >= 15 is 0 Å². The number of nitrogens with zero attached hydrogens (tertiary/aromatic N) is 1. The number of hydrogen-bond donors (Lipinski definition) is 1. The molecule has 0 fully saturated rings. The second-order valence-electron chi connectivity index (χ2n) is 19.2. The molecular weight excluding hydrogens is 863 g/mol. The molecule has 0 amide bonds. The van der Waals surface area contributed by atoms with Crippen LogP contribution < -0.4 is 0 Å². The van der Waals surface area contributed by atoms with E-state index in [1.165, 1.54) is 64.2 Å². The number of carbonyl (C=O) groups is 3. The van der Waals surface area contributed by atoms with Crippen molar-refractivity contribution in [2.24, 2.45) is 0 Å². The average molecular weight is 965 g/mol. The van der Waals surface area contributed by atoms with Gasteiger partial charge in [-0.3, -0.25) is 9.59 Å². The van der Waals surface area contributed by atoms with E-state index in [-0.39, 0.29) is 38.6 Å². The van der Waals surface area contributed by atoms with E-state index in [1.54, 1.807) is 0 Å². The number of likely N-dealkylation sites (N-methyl/N-ethyl adjacent to an activating group) is 1. The smallest absolute Gasteiger partial charge is 0.361 e. The van der Waals surface area contributed by atoms with Gasteiger partial charge in [-0.1, -0.05) is 201 Å². The molecule has 0 saturated carbocycles. The van der Waals surface area contributed by atoms with Crippen LogP contribution >= 0.6 is 0 Å². The first-order valence-corrected chi connectivity index (χ1v) is 27.4. The maximum absolute atomic E-state index is 12.8. The molecule has 9 heteroatoms. The molecule has 1 N–H and O–H groups in total. The van der Waals surface area contributed by atoms with Crippen LogP contribution in [0, 0.1) is 0 Å². The van der Waals surface area contributed by atoms with E-state index in [2.05, 4.69) is 111 Å². The van der Waals surface area contributed by atoms with Gasteiger partial charge in [-0.05, 0) is 89.9 Å². The third-order valence-electron chi connectivity index (χ3n) is 11.3. The van der Waals surface area contributed by atoms with E-state index < -0.39 is 24.3 Å². The first kappa shape index (κ1) is 65.2. The number of allylic oxidation sites excluding steroid dienone is 16. The highest BCUT2D eigenvalue weighted by atomic mass is 16.7. The third-order valence-corrected chi connectivity index (χ3v) is 11.3. The van der Waals surface area contributed by atoms with Gasteiger partial charge in [0, 0.05) is 12.8 Å². The van der Waals surface area contributed by atoms with Crippen molar-refractivity contribution >= 4 is 17.9 Å². The molecule has 0 aliphatic carbocycles. The molecule has 0 rings (SSSR count). The molecule has 0 aromatic heterocycles. The van der Waals surface area contributed by atoms with Crippen molar-refractivity contribution in [2.75, 3.05) is 47.5 Å². The minimum atomic E-state index is -1.52. The molecule has 0 bridgehead atoms. The number of carboxylic acid groups (broad SMARTS) is 1. The molecule has 0 spiro atoms. The van der Waals surface area contributed by atoms with E-state index in [1.807, 2.05) is 21.1 Å². The van der Waals surface area contributed by atoms with Gasteiger partial charge in [-0.15, -0.1) is 0 Å². The first-order chi connectivity index (χ1) is 33.6. The molecule has 0 aromatic rings. The predicted molar refractivity (Wildman–Crippen MR) is 290 cm³/mol. The Hall–Kier alpha value is -3.79. The number of carbonyl (C=O) groups excluding carboxylic acids is 2. The molecule has 394 valence electrons. The van der Waals surface area contributed by atoms with Crippen molar-refractivity contribution in [1.82, 2.24) is 0 Å².